The molecular formula is C78H98FN11O18. The monoisotopic (exact) mass is 1500 g/mol. The number of hydrogen-bond donors (Lipinski definition) is 10. The van der Waals surface area contributed by atoms with Gasteiger partial charge in [-0.05, 0) is 162 Å². The Bertz CT molecular complexity index is 4190. The fourth-order valence-corrected chi connectivity index (χ4v) is 13.8. The minimum Gasteiger partial charge on any atom is -0.497 e. The van der Waals surface area contributed by atoms with Crippen LogP contribution in [0.5, 0.6) is 11.5 Å². The second-order valence-corrected chi connectivity index (χ2v) is 29.1. The van der Waals surface area contributed by atoms with E-state index < -0.39 is 156 Å². The van der Waals surface area contributed by atoms with Crippen molar-refractivity contribution >= 4 is 81.8 Å². The lowest BCUT2D eigenvalue weighted by molar-refractivity contribution is -0.148. The summed E-state index contributed by atoms with van der Waals surface area (Å²) in [7, 11) is 1.48. The molecule has 580 valence electrons. The number of Topliss-reactive ketones (excluding diaryl/α,β-unsaturated/α-hetero) is 2. The van der Waals surface area contributed by atoms with E-state index in [-0.39, 0.29) is 109 Å². The van der Waals surface area contributed by atoms with Crippen molar-refractivity contribution in [3.8, 4) is 11.5 Å². The molecule has 1 aromatic heterocycles. The number of aliphatic hydroxyl groups is 1. The molecule has 9 amide bonds. The van der Waals surface area contributed by atoms with E-state index in [1.165, 1.54) is 38.0 Å². The molecule has 4 aromatic carbocycles. The van der Waals surface area contributed by atoms with Gasteiger partial charge in [0.15, 0.2) is 5.78 Å². The molecule has 2 fully saturated rings. The van der Waals surface area contributed by atoms with Crippen LogP contribution in [0.25, 0.3) is 10.9 Å². The van der Waals surface area contributed by atoms with Gasteiger partial charge in [-0.2, -0.15) is 0 Å². The van der Waals surface area contributed by atoms with Crippen molar-refractivity contribution in [2.45, 2.75) is 191 Å². The summed E-state index contributed by atoms with van der Waals surface area (Å²) in [6.45, 7) is 7.91. The number of carbonyl (C=O) groups excluding carboxylic acids is 11. The Hall–Kier alpha value is -10.6. The molecule has 4 aliphatic heterocycles. The molecule has 4 aliphatic rings. The predicted octanol–water partition coefficient (Wildman–Crippen LogP) is 3.26. The summed E-state index contributed by atoms with van der Waals surface area (Å²) < 4.78 is 41.0. The molecule has 10 bridgehead atoms. The van der Waals surface area contributed by atoms with Crippen LogP contribution in [0.1, 0.15) is 120 Å². The van der Waals surface area contributed by atoms with Gasteiger partial charge in [0.1, 0.15) is 71.6 Å². The van der Waals surface area contributed by atoms with Crippen molar-refractivity contribution in [2.24, 2.45) is 11.7 Å². The molecule has 9 rings (SSSR count). The average Bonchev–Trinajstić information content (AvgIpc) is 1.61. The summed E-state index contributed by atoms with van der Waals surface area (Å²) in [5.74, 6) is -9.82. The number of nitrogens with two attached hydrogens (primary N) is 1. The van der Waals surface area contributed by atoms with Crippen LogP contribution in [-0.4, -0.2) is 202 Å². The van der Waals surface area contributed by atoms with Crippen LogP contribution in [0.15, 0.2) is 103 Å². The van der Waals surface area contributed by atoms with Gasteiger partial charge in [0.25, 0.3) is 0 Å². The standard InChI is InChI=1S/C78H98FN11O18/c1-45(80)69(97)86-60(42-83-76(104)108-77(3,4)5)70(98)84-58-36-49-12-10-13-50(34-49)41-82-65(94)44-107-63-27-32-89-68(63)72(100)87-67(46(2)91)71(99)85-59(35-47-15-22-56(105-7)23-16-47)74(102)90-31-11-28-78(90,6)75(103)81-29-26-48-14-17-51(18-20-55(92)21-25-66(95)96)64(37-48)106-33-9-8-30-88-43-53(38-52(73(89)101)39-62(58)93)57-40-54(79)19-24-61(57)88/h8-10,12-17,19,22-24,34,37,40,43,45-46,52,58-60,63,67-68,91H,11,18,20-21,25-33,35-36,38-39,41-42,44,80H2,1-7H3,(H,81,103)(H,82,94)(H,83,104)(H,84,98)(H,85,99)(H,86,97)(H,87,100)(H,95,96)/t45-,46+,52+,58-,59+,60+,63-,67-,68-,78+/m0/s1. The maximum absolute atomic E-state index is 16.2. The third-order valence-corrected chi connectivity index (χ3v) is 19.6. The molecule has 108 heavy (non-hydrogen) atoms. The highest BCUT2D eigenvalue weighted by Crippen LogP contribution is 2.34. The van der Waals surface area contributed by atoms with Crippen molar-refractivity contribution in [3.05, 3.63) is 142 Å². The number of nitrogens with zero attached hydrogens (tertiary/aromatic N) is 3. The van der Waals surface area contributed by atoms with Crippen LogP contribution < -0.4 is 52.4 Å². The fourth-order valence-electron chi connectivity index (χ4n) is 13.8. The first kappa shape index (κ1) is 81.5. The van der Waals surface area contributed by atoms with Crippen LogP contribution in [0.3, 0.4) is 0 Å². The maximum atomic E-state index is 16.2. The number of aliphatic carboxylic acids is 1. The number of carboxylic acid groups (broad SMARTS) is 1. The van der Waals surface area contributed by atoms with E-state index in [0.717, 1.165) is 10.5 Å². The minimum absolute atomic E-state index is 0.0128. The molecule has 11 N–H and O–H groups in total. The number of aromatic nitrogens is 1. The number of alkyl carbamates (subject to hydrolysis) is 1. The summed E-state index contributed by atoms with van der Waals surface area (Å²) in [6, 6.07) is 13.6. The smallest absolute Gasteiger partial charge is 0.407 e. The van der Waals surface area contributed by atoms with Crippen molar-refractivity contribution < 1.29 is 91.1 Å². The Morgan fingerprint density at radius 1 is 0.833 bits per heavy atom. The zero-order valence-corrected chi connectivity index (χ0v) is 61.9. The van der Waals surface area contributed by atoms with E-state index in [1.54, 1.807) is 117 Å². The highest BCUT2D eigenvalue weighted by atomic mass is 19.1. The maximum Gasteiger partial charge on any atom is 0.407 e. The summed E-state index contributed by atoms with van der Waals surface area (Å²) in [6.07, 6.45) is 0.425. The predicted molar refractivity (Wildman–Crippen MR) is 392 cm³/mol. The Labute approximate surface area is 625 Å². The third-order valence-electron chi connectivity index (χ3n) is 19.6. The van der Waals surface area contributed by atoms with E-state index in [0.29, 0.717) is 56.6 Å². The summed E-state index contributed by atoms with van der Waals surface area (Å²) in [5, 5.41) is 40.2. The van der Waals surface area contributed by atoms with Crippen LogP contribution in [0, 0.1) is 11.7 Å². The molecule has 5 heterocycles. The van der Waals surface area contributed by atoms with E-state index in [4.69, 9.17) is 24.7 Å². The van der Waals surface area contributed by atoms with Gasteiger partial charge in [-0.3, -0.25) is 52.7 Å². The van der Waals surface area contributed by atoms with Crippen molar-refractivity contribution in [2.75, 3.05) is 46.5 Å². The number of amides is 9. The van der Waals surface area contributed by atoms with Crippen LogP contribution in [0.2, 0.25) is 0 Å². The van der Waals surface area contributed by atoms with Gasteiger partial charge in [0, 0.05) is 81.4 Å². The van der Waals surface area contributed by atoms with Gasteiger partial charge in [-0.15, -0.1) is 0 Å². The Morgan fingerprint density at radius 2 is 1.59 bits per heavy atom. The first-order chi connectivity index (χ1) is 51.4. The number of ether oxygens (including phenoxy) is 4. The largest absolute Gasteiger partial charge is 0.497 e. The zero-order chi connectivity index (χ0) is 78.1. The Morgan fingerprint density at radius 3 is 2.31 bits per heavy atom. The van der Waals surface area contributed by atoms with Gasteiger partial charge in [0.2, 0.25) is 47.3 Å². The Kier molecular flexibility index (Phi) is 27.8. The average molecular weight is 1500 g/mol. The number of fused-ring (bicyclic) bond motifs is 11. The van der Waals surface area contributed by atoms with Gasteiger partial charge in [-0.25, -0.2) is 9.18 Å². The van der Waals surface area contributed by atoms with Crippen molar-refractivity contribution in [1.82, 2.24) is 51.6 Å². The number of hydrogen-bond acceptors (Lipinski definition) is 18. The molecular weight excluding hydrogens is 1400 g/mol. The minimum atomic E-state index is -1.87. The van der Waals surface area contributed by atoms with E-state index >= 15 is 28.4 Å². The number of ketones is 2. The van der Waals surface area contributed by atoms with Gasteiger partial charge in [-0.1, -0.05) is 54.6 Å². The second-order valence-electron chi connectivity index (χ2n) is 29.1. The number of allylic oxidation sites excluding steroid dienone is 1. The van der Waals surface area contributed by atoms with E-state index in [1.807, 2.05) is 6.07 Å². The summed E-state index contributed by atoms with van der Waals surface area (Å²) in [4.78, 5) is 174. The second kappa shape index (κ2) is 36.8. The molecule has 10 atom stereocenters. The first-order valence-electron chi connectivity index (χ1n) is 36.4. The third kappa shape index (κ3) is 21.8. The lowest BCUT2D eigenvalue weighted by Crippen LogP contribution is -2.63. The summed E-state index contributed by atoms with van der Waals surface area (Å²) >= 11 is 0. The molecule has 30 heteroatoms. The molecule has 0 radical (unpaired) electrons. The number of nitrogens with one attached hydrogen (secondary N) is 7. The zero-order valence-electron chi connectivity index (χ0n) is 61.9. The lowest BCUT2D eigenvalue weighted by Gasteiger charge is -2.37. The first-order valence-corrected chi connectivity index (χ1v) is 36.4. The molecule has 0 spiro atoms. The molecule has 29 nitrogen and oxygen atoms in total. The number of methoxy groups -OCH3 is 1. The summed E-state index contributed by atoms with van der Waals surface area (Å²) in [5.41, 5.74) is 7.33. The molecule has 0 saturated carbocycles. The number of halogens is 1. The van der Waals surface area contributed by atoms with Gasteiger partial charge in [0.05, 0.1) is 44.4 Å². The highest BCUT2D eigenvalue weighted by molar-refractivity contribution is 6.00. The number of benzene rings is 4. The van der Waals surface area contributed by atoms with Crippen molar-refractivity contribution in [1.29, 1.82) is 0 Å². The SMILES string of the molecule is COc1ccc(C[C@H]2NC(=O)[C@H]([C@@H](C)O)NC(=O)[C@@H]3[C@@H]4CCN3C(=O)[C@@H](CC(=O)[C@@H](NC(=O)[C@@H](CNC(=O)OC(C)(C)C)NC(=O)[C@H](C)N)Cc3cccc(c3)CNC(=O)CO4)Cc3cn(c4ccc(F)cc34)CC=CCOc3cc(ccc3CCC(=O)CCC(=O)O)CCNC(=O)[C@@]3(C)CCCN3C2=O)cc1. The van der Waals surface area contributed by atoms with E-state index in [9.17, 15) is 43.8 Å². The topological polar surface area (TPSA) is 404 Å². The van der Waals surface area contributed by atoms with Crippen LogP contribution >= 0.6 is 0 Å². The van der Waals surface area contributed by atoms with Crippen LogP contribution in [-0.2, 0) is 107 Å². The highest BCUT2D eigenvalue weighted by Gasteiger charge is 2.50. The van der Waals surface area contributed by atoms with Gasteiger partial charge >= 0.3 is 12.1 Å². The van der Waals surface area contributed by atoms with Crippen molar-refractivity contribution in [3.63, 3.8) is 0 Å². The fraction of sp³-hybridized carbons (Fsp3) is 0.487. The quantitative estimate of drug-likeness (QED) is 0.0634. The Balaban J connectivity index is 1.15. The van der Waals surface area contributed by atoms with Crippen LogP contribution in [0.4, 0.5) is 9.18 Å². The number of rotatable bonds is 16. The van der Waals surface area contributed by atoms with E-state index in [2.05, 4.69) is 37.2 Å². The number of aryl methyl sites for hydroxylation is 1. The lowest BCUT2D eigenvalue weighted by atomic mass is 9.88. The normalized spacial score (nSPS) is 22.6. The number of carbonyl (C=O) groups is 12. The molecule has 0 aliphatic carbocycles. The molecule has 2 saturated heterocycles. The molecule has 5 aromatic rings. The number of aliphatic hydroxyl groups excluding tert-OH is 1. The van der Waals surface area contributed by atoms with Gasteiger partial charge < -0.3 is 86.5 Å². The number of carboxylic acids is 1. The molecule has 0 unspecified atom stereocenters.